The number of aliphatic imine (C=N–C) groups is 1. The molecule has 160 valence electrons. The number of hydrogen-bond acceptors (Lipinski definition) is 5. The van der Waals surface area contributed by atoms with Crippen LogP contribution in [0.4, 0.5) is 11.5 Å². The van der Waals surface area contributed by atoms with Crippen molar-refractivity contribution in [3.63, 3.8) is 0 Å². The van der Waals surface area contributed by atoms with Gasteiger partial charge in [-0.1, -0.05) is 66.7 Å². The first-order valence-corrected chi connectivity index (χ1v) is 11.0. The third kappa shape index (κ3) is 3.65. The van der Waals surface area contributed by atoms with Crippen molar-refractivity contribution in [3.05, 3.63) is 102 Å². The molecule has 0 aliphatic carbocycles. The number of benzene rings is 3. The van der Waals surface area contributed by atoms with Gasteiger partial charge in [-0.3, -0.25) is 4.99 Å². The largest absolute Gasteiger partial charge is 0.384 e. The Morgan fingerprint density at radius 3 is 2.45 bits per heavy atom. The van der Waals surface area contributed by atoms with Gasteiger partial charge in [-0.25, -0.2) is 4.98 Å². The van der Waals surface area contributed by atoms with Gasteiger partial charge in [-0.2, -0.15) is 10.3 Å². The zero-order valence-electron chi connectivity index (χ0n) is 17.9. The van der Waals surface area contributed by atoms with E-state index in [2.05, 4.69) is 87.1 Å². The molecule has 0 spiro atoms. The average molecular weight is 431 g/mol. The quantitative estimate of drug-likeness (QED) is 0.388. The number of nitrogen functional groups attached to an aromatic ring is 1. The van der Waals surface area contributed by atoms with Gasteiger partial charge < -0.3 is 5.73 Å². The Morgan fingerprint density at radius 1 is 0.848 bits per heavy atom. The maximum Gasteiger partial charge on any atom is 0.203 e. The highest BCUT2D eigenvalue weighted by Gasteiger charge is 2.25. The van der Waals surface area contributed by atoms with E-state index in [4.69, 9.17) is 10.7 Å². The summed E-state index contributed by atoms with van der Waals surface area (Å²) in [4.78, 5) is 9.31. The number of nitrogens with zero attached hydrogens (tertiary/aromatic N) is 4. The number of anilines is 1. The van der Waals surface area contributed by atoms with Gasteiger partial charge >= 0.3 is 0 Å². The number of nitrogens with one attached hydrogen (secondary N) is 1. The van der Waals surface area contributed by atoms with Crippen LogP contribution in [0.2, 0.25) is 0 Å². The summed E-state index contributed by atoms with van der Waals surface area (Å²) in [7, 11) is 0. The molecule has 0 unspecified atom stereocenters. The van der Waals surface area contributed by atoms with Gasteiger partial charge in [0.2, 0.25) is 5.65 Å². The maximum absolute atomic E-state index is 6.13. The second kappa shape index (κ2) is 7.98. The number of H-pyrrole nitrogens is 1. The van der Waals surface area contributed by atoms with Crippen LogP contribution in [0.15, 0.2) is 89.9 Å². The Kier molecular flexibility index (Phi) is 4.69. The third-order valence-electron chi connectivity index (χ3n) is 6.22. The smallest absolute Gasteiger partial charge is 0.203 e. The summed E-state index contributed by atoms with van der Waals surface area (Å²) < 4.78 is 0. The van der Waals surface area contributed by atoms with Gasteiger partial charge in [-0.05, 0) is 52.4 Å². The molecular weight excluding hydrogens is 408 g/mol. The van der Waals surface area contributed by atoms with E-state index in [1.807, 2.05) is 18.2 Å². The van der Waals surface area contributed by atoms with Crippen LogP contribution < -0.4 is 5.73 Å². The van der Waals surface area contributed by atoms with Crippen LogP contribution in [0.3, 0.4) is 0 Å². The molecule has 5 aromatic rings. The predicted octanol–water partition coefficient (Wildman–Crippen LogP) is 5.45. The lowest BCUT2D eigenvalue weighted by Crippen LogP contribution is -2.10. The molecule has 0 saturated heterocycles. The van der Waals surface area contributed by atoms with Crippen LogP contribution in [0.1, 0.15) is 29.0 Å². The zero-order chi connectivity index (χ0) is 22.2. The number of pyridine rings is 1. The normalized spacial score (nSPS) is 13.6. The van der Waals surface area contributed by atoms with Crippen molar-refractivity contribution in [1.82, 2.24) is 20.4 Å². The molecule has 3 heterocycles. The summed E-state index contributed by atoms with van der Waals surface area (Å²) in [6.07, 6.45) is 1.60. The second-order valence-corrected chi connectivity index (χ2v) is 8.36. The van der Waals surface area contributed by atoms with Crippen molar-refractivity contribution in [2.24, 2.45) is 4.99 Å². The van der Waals surface area contributed by atoms with E-state index >= 15 is 0 Å². The Labute approximate surface area is 191 Å². The van der Waals surface area contributed by atoms with Crippen LogP contribution in [-0.4, -0.2) is 26.1 Å². The Hall–Kier alpha value is -4.32. The van der Waals surface area contributed by atoms with Gasteiger partial charge in [0.1, 0.15) is 11.3 Å². The van der Waals surface area contributed by atoms with Crippen LogP contribution >= 0.6 is 0 Å². The summed E-state index contributed by atoms with van der Waals surface area (Å²) in [5.41, 5.74) is 15.5. The van der Waals surface area contributed by atoms with Crippen molar-refractivity contribution >= 4 is 28.4 Å². The first-order valence-electron chi connectivity index (χ1n) is 11.0. The second-order valence-electron chi connectivity index (χ2n) is 8.36. The molecule has 33 heavy (non-hydrogen) atoms. The van der Waals surface area contributed by atoms with Crippen molar-refractivity contribution in [3.8, 4) is 11.1 Å². The number of rotatable bonds is 5. The summed E-state index contributed by atoms with van der Waals surface area (Å²) in [6.45, 7) is 0. The summed E-state index contributed by atoms with van der Waals surface area (Å²) >= 11 is 0. The summed E-state index contributed by atoms with van der Waals surface area (Å²) in [5, 5.41) is 11.2. The van der Waals surface area contributed by atoms with Gasteiger partial charge in [-0.15, -0.1) is 5.10 Å². The van der Waals surface area contributed by atoms with Crippen molar-refractivity contribution in [2.75, 3.05) is 5.73 Å². The monoisotopic (exact) mass is 430 g/mol. The fourth-order valence-electron chi connectivity index (χ4n) is 4.67. The molecule has 0 amide bonds. The van der Waals surface area contributed by atoms with E-state index in [9.17, 15) is 0 Å². The van der Waals surface area contributed by atoms with Crippen molar-refractivity contribution in [2.45, 2.75) is 18.8 Å². The first-order chi connectivity index (χ1) is 16.2. The molecule has 6 heteroatoms. The SMILES string of the molecule is Nc1cc([C@H](CC2=Nc3ccc(-c4ccccc4)cc3C2)c2ccccc2)c2n[nH]nc2n1. The van der Waals surface area contributed by atoms with Gasteiger partial charge in [0, 0.05) is 18.1 Å². The predicted molar refractivity (Wildman–Crippen MR) is 132 cm³/mol. The molecule has 2 aromatic heterocycles. The molecule has 1 atom stereocenters. The van der Waals surface area contributed by atoms with E-state index in [0.29, 0.717) is 11.5 Å². The molecule has 0 radical (unpaired) electrons. The standard InChI is InChI=1S/C27H22N6/c28-25-16-23(26-27(30-25)32-33-31-26)22(18-9-5-2-6-10-18)15-21-14-20-13-19(11-12-24(20)29-21)17-7-3-1-4-8-17/h1-13,16,22H,14-15H2,(H3,28,30,31,32,33)/t22-/m1/s1. The molecule has 0 saturated carbocycles. The minimum atomic E-state index is 0.0470. The van der Waals surface area contributed by atoms with Crippen LogP contribution in [0.25, 0.3) is 22.3 Å². The van der Waals surface area contributed by atoms with Crippen molar-refractivity contribution < 1.29 is 0 Å². The Bertz CT molecular complexity index is 1470. The van der Waals surface area contributed by atoms with Gasteiger partial charge in [0.25, 0.3) is 0 Å². The van der Waals surface area contributed by atoms with Crippen LogP contribution in [-0.2, 0) is 6.42 Å². The Balaban J connectivity index is 1.36. The third-order valence-corrected chi connectivity index (χ3v) is 6.22. The van der Waals surface area contributed by atoms with Gasteiger partial charge in [0.05, 0.1) is 5.69 Å². The van der Waals surface area contributed by atoms with E-state index in [-0.39, 0.29) is 5.92 Å². The van der Waals surface area contributed by atoms with E-state index < -0.39 is 0 Å². The molecule has 6 rings (SSSR count). The number of hydrogen-bond donors (Lipinski definition) is 2. The van der Waals surface area contributed by atoms with Crippen LogP contribution in [0.5, 0.6) is 0 Å². The molecule has 0 bridgehead atoms. The maximum atomic E-state index is 6.13. The highest BCUT2D eigenvalue weighted by molar-refractivity contribution is 5.96. The van der Waals surface area contributed by atoms with Crippen molar-refractivity contribution in [1.29, 1.82) is 0 Å². The molecule has 1 aliphatic rings. The fourth-order valence-corrected chi connectivity index (χ4v) is 4.67. The molecule has 6 nitrogen and oxygen atoms in total. The first kappa shape index (κ1) is 19.4. The lowest BCUT2D eigenvalue weighted by Gasteiger charge is -2.18. The lowest BCUT2D eigenvalue weighted by molar-refractivity contribution is 0.851. The minimum absolute atomic E-state index is 0.0470. The molecule has 3 aromatic carbocycles. The number of aromatic amines is 1. The van der Waals surface area contributed by atoms with Crippen LogP contribution in [0, 0.1) is 0 Å². The highest BCUT2D eigenvalue weighted by Crippen LogP contribution is 2.37. The van der Waals surface area contributed by atoms with E-state index in [0.717, 1.165) is 35.3 Å². The molecular formula is C27H22N6. The number of fused-ring (bicyclic) bond motifs is 2. The molecule has 1 aliphatic heterocycles. The molecule has 0 fully saturated rings. The van der Waals surface area contributed by atoms with E-state index in [1.165, 1.54) is 22.3 Å². The minimum Gasteiger partial charge on any atom is -0.384 e. The zero-order valence-corrected chi connectivity index (χ0v) is 17.9. The Morgan fingerprint density at radius 2 is 1.64 bits per heavy atom. The number of aromatic nitrogens is 4. The van der Waals surface area contributed by atoms with E-state index in [1.54, 1.807) is 0 Å². The summed E-state index contributed by atoms with van der Waals surface area (Å²) in [5.74, 6) is 0.488. The topological polar surface area (TPSA) is 92.8 Å². The summed E-state index contributed by atoms with van der Waals surface area (Å²) in [6, 6.07) is 29.3. The number of nitrogens with two attached hydrogens (primary N) is 1. The lowest BCUT2D eigenvalue weighted by atomic mass is 9.85. The van der Waals surface area contributed by atoms with Gasteiger partial charge in [0.15, 0.2) is 0 Å². The highest BCUT2D eigenvalue weighted by atomic mass is 15.3. The molecule has 3 N–H and O–H groups in total. The fraction of sp³-hybridized carbons (Fsp3) is 0.111. The average Bonchev–Trinajstić information content (AvgIpc) is 3.49.